The monoisotopic (exact) mass is 239 g/mol. The lowest BCUT2D eigenvalue weighted by molar-refractivity contribution is -0.0704. The van der Waals surface area contributed by atoms with Crippen molar-refractivity contribution in [2.45, 2.75) is 76.4 Å². The van der Waals surface area contributed by atoms with E-state index < -0.39 is 0 Å². The normalized spacial score (nSPS) is 25.8. The van der Waals surface area contributed by atoms with Crippen molar-refractivity contribution < 1.29 is 4.74 Å². The Kier molecular flexibility index (Phi) is 4.87. The largest absolute Gasteiger partial charge is 0.377 e. The molecule has 100 valence electrons. The van der Waals surface area contributed by atoms with Crippen LogP contribution in [0.15, 0.2) is 0 Å². The van der Waals surface area contributed by atoms with E-state index in [9.17, 15) is 0 Å². The minimum Gasteiger partial charge on any atom is -0.377 e. The molecule has 1 N–H and O–H groups in total. The van der Waals surface area contributed by atoms with Crippen molar-refractivity contribution in [1.82, 2.24) is 5.32 Å². The predicted octanol–water partition coefficient (Wildman–Crippen LogP) is 3.50. The fraction of sp³-hybridized carbons (Fsp3) is 1.00. The quantitative estimate of drug-likeness (QED) is 0.734. The molecule has 0 bridgehead atoms. The number of rotatable bonds is 7. The Hall–Kier alpha value is -0.0800. The predicted molar refractivity (Wildman–Crippen MR) is 72.2 cm³/mol. The van der Waals surface area contributed by atoms with Gasteiger partial charge in [0.1, 0.15) is 0 Å². The second-order valence-corrected chi connectivity index (χ2v) is 6.02. The van der Waals surface area contributed by atoms with Gasteiger partial charge in [-0.3, -0.25) is 0 Å². The topological polar surface area (TPSA) is 21.3 Å². The van der Waals surface area contributed by atoms with Crippen LogP contribution in [-0.2, 0) is 4.74 Å². The maximum absolute atomic E-state index is 6.00. The summed E-state index contributed by atoms with van der Waals surface area (Å²) in [4.78, 5) is 0. The van der Waals surface area contributed by atoms with Crippen LogP contribution in [0, 0.1) is 5.92 Å². The van der Waals surface area contributed by atoms with Gasteiger partial charge in [-0.15, -0.1) is 0 Å². The molecular weight excluding hydrogens is 210 g/mol. The van der Waals surface area contributed by atoms with Gasteiger partial charge in [0.05, 0.1) is 5.60 Å². The highest BCUT2D eigenvalue weighted by Crippen LogP contribution is 2.41. The van der Waals surface area contributed by atoms with Gasteiger partial charge in [-0.05, 0) is 38.1 Å². The Morgan fingerprint density at radius 1 is 1.24 bits per heavy atom. The lowest BCUT2D eigenvalue weighted by Crippen LogP contribution is -2.53. The van der Waals surface area contributed by atoms with Crippen LogP contribution in [0.2, 0.25) is 0 Å². The van der Waals surface area contributed by atoms with Crippen molar-refractivity contribution in [3.8, 4) is 0 Å². The average Bonchev–Trinajstić information content (AvgIpc) is 3.19. The average molecular weight is 239 g/mol. The van der Waals surface area contributed by atoms with Crippen molar-refractivity contribution >= 4 is 0 Å². The SMILES string of the molecule is CCCNC(CC1CC1)C1(OC)CCCCC1. The van der Waals surface area contributed by atoms with Gasteiger partial charge >= 0.3 is 0 Å². The van der Waals surface area contributed by atoms with Crippen molar-refractivity contribution in [2.75, 3.05) is 13.7 Å². The van der Waals surface area contributed by atoms with E-state index in [1.807, 2.05) is 7.11 Å². The summed E-state index contributed by atoms with van der Waals surface area (Å²) < 4.78 is 6.00. The van der Waals surface area contributed by atoms with E-state index in [1.54, 1.807) is 0 Å². The molecule has 17 heavy (non-hydrogen) atoms. The molecule has 0 aromatic carbocycles. The number of ether oxygens (including phenoxy) is 1. The van der Waals surface area contributed by atoms with Gasteiger partial charge < -0.3 is 10.1 Å². The van der Waals surface area contributed by atoms with Crippen LogP contribution in [0.25, 0.3) is 0 Å². The van der Waals surface area contributed by atoms with Gasteiger partial charge in [-0.1, -0.05) is 39.0 Å². The van der Waals surface area contributed by atoms with Gasteiger partial charge in [-0.2, -0.15) is 0 Å². The molecule has 1 unspecified atom stereocenters. The van der Waals surface area contributed by atoms with E-state index >= 15 is 0 Å². The molecule has 0 spiro atoms. The van der Waals surface area contributed by atoms with Crippen molar-refractivity contribution in [1.29, 1.82) is 0 Å². The second-order valence-electron chi connectivity index (χ2n) is 6.02. The highest BCUT2D eigenvalue weighted by atomic mass is 16.5. The molecule has 0 aromatic heterocycles. The summed E-state index contributed by atoms with van der Waals surface area (Å²) in [5.74, 6) is 0.985. The molecule has 2 fully saturated rings. The molecule has 0 aromatic rings. The van der Waals surface area contributed by atoms with Crippen LogP contribution < -0.4 is 5.32 Å². The first-order valence-corrected chi connectivity index (χ1v) is 7.59. The molecule has 2 nitrogen and oxygen atoms in total. The summed E-state index contributed by atoms with van der Waals surface area (Å²) in [6, 6.07) is 0.597. The van der Waals surface area contributed by atoms with E-state index in [0.717, 1.165) is 12.5 Å². The summed E-state index contributed by atoms with van der Waals surface area (Å²) in [5, 5.41) is 3.78. The first kappa shape index (κ1) is 13.4. The van der Waals surface area contributed by atoms with Crippen LogP contribution in [0.1, 0.15) is 64.7 Å². The number of hydrogen-bond acceptors (Lipinski definition) is 2. The first-order valence-electron chi connectivity index (χ1n) is 7.59. The minimum atomic E-state index is 0.149. The zero-order valence-corrected chi connectivity index (χ0v) is 11.6. The van der Waals surface area contributed by atoms with Crippen LogP contribution in [0.3, 0.4) is 0 Å². The standard InChI is InChI=1S/C15H29NO/c1-3-11-16-14(12-13-7-8-13)15(17-2)9-5-4-6-10-15/h13-14,16H,3-12H2,1-2H3. The van der Waals surface area contributed by atoms with Crippen LogP contribution in [0.5, 0.6) is 0 Å². The van der Waals surface area contributed by atoms with E-state index in [2.05, 4.69) is 12.2 Å². The summed E-state index contributed by atoms with van der Waals surface area (Å²) in [6.07, 6.45) is 12.1. The van der Waals surface area contributed by atoms with Crippen LogP contribution in [0.4, 0.5) is 0 Å². The lowest BCUT2D eigenvalue weighted by atomic mass is 9.77. The fourth-order valence-corrected chi connectivity index (χ4v) is 3.33. The molecule has 0 saturated heterocycles. The molecule has 0 aliphatic heterocycles. The smallest absolute Gasteiger partial charge is 0.0831 e. The summed E-state index contributed by atoms with van der Waals surface area (Å²) in [7, 11) is 1.93. The van der Waals surface area contributed by atoms with Crippen molar-refractivity contribution in [3.05, 3.63) is 0 Å². The second kappa shape index (κ2) is 6.19. The lowest BCUT2D eigenvalue weighted by Gasteiger charge is -2.43. The third kappa shape index (κ3) is 3.45. The van der Waals surface area contributed by atoms with Gasteiger partial charge in [0.2, 0.25) is 0 Å². The highest BCUT2D eigenvalue weighted by molar-refractivity contribution is 4.97. The van der Waals surface area contributed by atoms with E-state index in [0.29, 0.717) is 6.04 Å². The summed E-state index contributed by atoms with van der Waals surface area (Å²) >= 11 is 0. The molecule has 2 aliphatic carbocycles. The molecule has 2 heteroatoms. The molecule has 0 amide bonds. The number of methoxy groups -OCH3 is 1. The molecular formula is C15H29NO. The molecule has 1 atom stereocenters. The Morgan fingerprint density at radius 2 is 1.94 bits per heavy atom. The zero-order chi connectivity index (χ0) is 12.1. The maximum atomic E-state index is 6.00. The molecule has 0 heterocycles. The Labute approximate surface area is 107 Å². The fourth-order valence-electron chi connectivity index (χ4n) is 3.33. The summed E-state index contributed by atoms with van der Waals surface area (Å²) in [6.45, 7) is 3.39. The van der Waals surface area contributed by atoms with E-state index in [-0.39, 0.29) is 5.60 Å². The Balaban J connectivity index is 1.98. The Bertz CT molecular complexity index is 219. The molecule has 2 saturated carbocycles. The molecule has 0 radical (unpaired) electrons. The number of hydrogen-bond donors (Lipinski definition) is 1. The van der Waals surface area contributed by atoms with Gasteiger partial charge in [0.15, 0.2) is 0 Å². The third-order valence-electron chi connectivity index (χ3n) is 4.65. The minimum absolute atomic E-state index is 0.149. The summed E-state index contributed by atoms with van der Waals surface area (Å²) in [5.41, 5.74) is 0.149. The van der Waals surface area contributed by atoms with E-state index in [4.69, 9.17) is 4.74 Å². The van der Waals surface area contributed by atoms with E-state index in [1.165, 1.54) is 57.8 Å². The first-order chi connectivity index (χ1) is 8.30. The van der Waals surface area contributed by atoms with Gasteiger partial charge in [0, 0.05) is 13.2 Å². The zero-order valence-electron chi connectivity index (χ0n) is 11.6. The highest BCUT2D eigenvalue weighted by Gasteiger charge is 2.42. The van der Waals surface area contributed by atoms with Gasteiger partial charge in [-0.25, -0.2) is 0 Å². The van der Waals surface area contributed by atoms with Crippen LogP contribution in [-0.4, -0.2) is 25.3 Å². The molecule has 2 rings (SSSR count). The van der Waals surface area contributed by atoms with Gasteiger partial charge in [0.25, 0.3) is 0 Å². The Morgan fingerprint density at radius 3 is 2.47 bits per heavy atom. The third-order valence-corrected chi connectivity index (χ3v) is 4.65. The maximum Gasteiger partial charge on any atom is 0.0831 e. The van der Waals surface area contributed by atoms with Crippen molar-refractivity contribution in [3.63, 3.8) is 0 Å². The molecule has 2 aliphatic rings. The van der Waals surface area contributed by atoms with Crippen molar-refractivity contribution in [2.24, 2.45) is 5.92 Å². The van der Waals surface area contributed by atoms with Crippen LogP contribution >= 0.6 is 0 Å². The number of nitrogens with one attached hydrogen (secondary N) is 1.